The number of nitrogens with one attached hydrogen (secondary N) is 1. The van der Waals surface area contributed by atoms with Crippen molar-refractivity contribution >= 4 is 11.8 Å². The lowest BCUT2D eigenvalue weighted by Crippen LogP contribution is -2.43. The summed E-state index contributed by atoms with van der Waals surface area (Å²) in [6, 6.07) is 0.0166. The molecule has 0 saturated heterocycles. The van der Waals surface area contributed by atoms with Crippen molar-refractivity contribution in [1.29, 1.82) is 0 Å². The van der Waals surface area contributed by atoms with Gasteiger partial charge in [0.2, 0.25) is 11.8 Å². The molecule has 82 valence electrons. The van der Waals surface area contributed by atoms with Gasteiger partial charge >= 0.3 is 0 Å². The summed E-state index contributed by atoms with van der Waals surface area (Å²) in [5.41, 5.74) is 0. The summed E-state index contributed by atoms with van der Waals surface area (Å²) in [6.45, 7) is 8.29. The van der Waals surface area contributed by atoms with E-state index in [2.05, 4.69) is 5.32 Å². The maximum Gasteiger partial charge on any atom is 0.219 e. The normalized spacial score (nSPS) is 12.0. The quantitative estimate of drug-likeness (QED) is 0.712. The van der Waals surface area contributed by atoms with Crippen LogP contribution in [0.1, 0.15) is 34.1 Å². The van der Waals surface area contributed by atoms with Crippen LogP contribution >= 0.6 is 0 Å². The van der Waals surface area contributed by atoms with Gasteiger partial charge < -0.3 is 10.2 Å². The molecule has 0 aromatic rings. The Bertz CT molecular complexity index is 204. The van der Waals surface area contributed by atoms with Gasteiger partial charge in [-0.3, -0.25) is 9.59 Å². The molecule has 0 aliphatic rings. The molecule has 14 heavy (non-hydrogen) atoms. The summed E-state index contributed by atoms with van der Waals surface area (Å²) >= 11 is 0. The minimum absolute atomic E-state index is 0.0166. The fourth-order valence-electron chi connectivity index (χ4n) is 1.37. The first-order valence-corrected chi connectivity index (χ1v) is 5.00. The Balaban J connectivity index is 4.01. The average Bonchev–Trinajstić information content (AvgIpc) is 2.01. The van der Waals surface area contributed by atoms with Gasteiger partial charge in [-0.05, 0) is 13.3 Å². The van der Waals surface area contributed by atoms with Crippen molar-refractivity contribution in [2.75, 3.05) is 13.1 Å². The molecule has 0 spiro atoms. The maximum absolute atomic E-state index is 11.2. The predicted octanol–water partition coefficient (Wildman–Crippen LogP) is 0.770. The molecule has 1 unspecified atom stereocenters. The van der Waals surface area contributed by atoms with Crippen LogP contribution in [0.25, 0.3) is 0 Å². The zero-order valence-electron chi connectivity index (χ0n) is 9.46. The molecule has 1 atom stereocenters. The van der Waals surface area contributed by atoms with Crippen LogP contribution in [0.3, 0.4) is 0 Å². The van der Waals surface area contributed by atoms with E-state index in [4.69, 9.17) is 0 Å². The molecule has 0 aliphatic carbocycles. The minimum atomic E-state index is -0.0579. The van der Waals surface area contributed by atoms with Crippen LogP contribution in [0.5, 0.6) is 0 Å². The summed E-state index contributed by atoms with van der Waals surface area (Å²) in [6.07, 6.45) is 0.937. The standard InChI is InChI=1S/C10H20N2O2/c1-5-6-12(10(4)14)7-8(2)11-9(3)13/h8H,5-7H2,1-4H3,(H,11,13). The van der Waals surface area contributed by atoms with E-state index in [1.54, 1.807) is 11.8 Å². The van der Waals surface area contributed by atoms with Crippen molar-refractivity contribution in [2.24, 2.45) is 0 Å². The fraction of sp³-hybridized carbons (Fsp3) is 0.800. The highest BCUT2D eigenvalue weighted by atomic mass is 16.2. The average molecular weight is 200 g/mol. The van der Waals surface area contributed by atoms with E-state index in [1.807, 2.05) is 13.8 Å². The zero-order chi connectivity index (χ0) is 11.1. The van der Waals surface area contributed by atoms with E-state index >= 15 is 0 Å². The number of nitrogens with zero attached hydrogens (tertiary/aromatic N) is 1. The fourth-order valence-corrected chi connectivity index (χ4v) is 1.37. The number of carbonyl (C=O) groups is 2. The van der Waals surface area contributed by atoms with E-state index in [0.717, 1.165) is 13.0 Å². The molecule has 0 heterocycles. The molecule has 0 bridgehead atoms. The number of rotatable bonds is 5. The first kappa shape index (κ1) is 12.9. The van der Waals surface area contributed by atoms with Crippen LogP contribution in [0, 0.1) is 0 Å². The van der Waals surface area contributed by atoms with Crippen LogP contribution < -0.4 is 5.32 Å². The summed E-state index contributed by atoms with van der Waals surface area (Å²) in [7, 11) is 0. The van der Waals surface area contributed by atoms with E-state index in [0.29, 0.717) is 6.54 Å². The smallest absolute Gasteiger partial charge is 0.219 e. The second kappa shape index (κ2) is 6.40. The van der Waals surface area contributed by atoms with Gasteiger partial charge in [0.05, 0.1) is 0 Å². The lowest BCUT2D eigenvalue weighted by molar-refractivity contribution is -0.130. The molecule has 2 amide bonds. The van der Waals surface area contributed by atoms with Gasteiger partial charge in [-0.15, -0.1) is 0 Å². The highest BCUT2D eigenvalue weighted by Crippen LogP contribution is 1.95. The zero-order valence-corrected chi connectivity index (χ0v) is 9.46. The molecule has 0 saturated carbocycles. The molecule has 4 heteroatoms. The van der Waals surface area contributed by atoms with Crippen LogP contribution in [-0.2, 0) is 9.59 Å². The van der Waals surface area contributed by atoms with Crippen molar-refractivity contribution in [3.63, 3.8) is 0 Å². The summed E-state index contributed by atoms with van der Waals surface area (Å²) in [5.74, 6) is 0.00144. The number of hydrogen-bond acceptors (Lipinski definition) is 2. The van der Waals surface area contributed by atoms with Gasteiger partial charge in [0.15, 0.2) is 0 Å². The third-order valence-corrected chi connectivity index (χ3v) is 1.88. The third kappa shape index (κ3) is 5.56. The molecule has 4 nitrogen and oxygen atoms in total. The first-order chi connectivity index (χ1) is 6.47. The molecule has 0 aromatic heterocycles. The van der Waals surface area contributed by atoms with Crippen LogP contribution in [-0.4, -0.2) is 35.8 Å². The minimum Gasteiger partial charge on any atom is -0.352 e. The van der Waals surface area contributed by atoms with E-state index < -0.39 is 0 Å². The second-order valence-electron chi connectivity index (χ2n) is 3.57. The molecular weight excluding hydrogens is 180 g/mol. The highest BCUT2D eigenvalue weighted by molar-refractivity contribution is 5.74. The third-order valence-electron chi connectivity index (χ3n) is 1.88. The largest absolute Gasteiger partial charge is 0.352 e. The molecule has 1 N–H and O–H groups in total. The van der Waals surface area contributed by atoms with Crippen molar-refractivity contribution < 1.29 is 9.59 Å². The van der Waals surface area contributed by atoms with E-state index in [9.17, 15) is 9.59 Å². The predicted molar refractivity (Wildman–Crippen MR) is 55.8 cm³/mol. The van der Waals surface area contributed by atoms with Crippen molar-refractivity contribution in [1.82, 2.24) is 10.2 Å². The lowest BCUT2D eigenvalue weighted by Gasteiger charge is -2.24. The molecule has 0 fully saturated rings. The van der Waals surface area contributed by atoms with Gasteiger partial charge in [-0.1, -0.05) is 6.92 Å². The maximum atomic E-state index is 11.2. The Morgan fingerprint density at radius 2 is 1.93 bits per heavy atom. The monoisotopic (exact) mass is 200 g/mol. The van der Waals surface area contributed by atoms with Crippen LogP contribution in [0.2, 0.25) is 0 Å². The first-order valence-electron chi connectivity index (χ1n) is 5.00. The molecule has 0 aromatic carbocycles. The van der Waals surface area contributed by atoms with Crippen molar-refractivity contribution in [3.8, 4) is 0 Å². The number of carbonyl (C=O) groups excluding carboxylic acids is 2. The van der Waals surface area contributed by atoms with Gasteiger partial charge in [0, 0.05) is 33.0 Å². The molecular formula is C10H20N2O2. The van der Waals surface area contributed by atoms with Crippen molar-refractivity contribution in [3.05, 3.63) is 0 Å². The SMILES string of the molecule is CCCN(CC(C)NC(C)=O)C(C)=O. The van der Waals surface area contributed by atoms with Crippen LogP contribution in [0.15, 0.2) is 0 Å². The summed E-state index contributed by atoms with van der Waals surface area (Å²) in [4.78, 5) is 23.7. The Morgan fingerprint density at radius 1 is 1.36 bits per heavy atom. The van der Waals surface area contributed by atoms with E-state index in [1.165, 1.54) is 6.92 Å². The molecule has 0 aliphatic heterocycles. The van der Waals surface area contributed by atoms with Crippen LogP contribution in [0.4, 0.5) is 0 Å². The number of hydrogen-bond donors (Lipinski definition) is 1. The van der Waals surface area contributed by atoms with Gasteiger partial charge in [0.1, 0.15) is 0 Å². The number of amides is 2. The van der Waals surface area contributed by atoms with Gasteiger partial charge in [0.25, 0.3) is 0 Å². The molecule has 0 rings (SSSR count). The lowest BCUT2D eigenvalue weighted by atomic mass is 10.3. The Hall–Kier alpha value is -1.06. The topological polar surface area (TPSA) is 49.4 Å². The van der Waals surface area contributed by atoms with E-state index in [-0.39, 0.29) is 17.9 Å². The Kier molecular flexibility index (Phi) is 5.92. The second-order valence-corrected chi connectivity index (χ2v) is 3.57. The Labute approximate surface area is 85.7 Å². The molecule has 0 radical (unpaired) electrons. The van der Waals surface area contributed by atoms with Gasteiger partial charge in [-0.2, -0.15) is 0 Å². The summed E-state index contributed by atoms with van der Waals surface area (Å²) in [5, 5.41) is 2.75. The van der Waals surface area contributed by atoms with Crippen molar-refractivity contribution in [2.45, 2.75) is 40.2 Å². The summed E-state index contributed by atoms with van der Waals surface area (Å²) < 4.78 is 0. The highest BCUT2D eigenvalue weighted by Gasteiger charge is 2.12. The van der Waals surface area contributed by atoms with Gasteiger partial charge in [-0.25, -0.2) is 0 Å². The Morgan fingerprint density at radius 3 is 2.29 bits per heavy atom.